The summed E-state index contributed by atoms with van der Waals surface area (Å²) < 4.78 is 0. The summed E-state index contributed by atoms with van der Waals surface area (Å²) in [5, 5.41) is 8.95. The van der Waals surface area contributed by atoms with Gasteiger partial charge in [0, 0.05) is 37.2 Å². The van der Waals surface area contributed by atoms with Gasteiger partial charge in [-0.3, -0.25) is 9.69 Å². The SMILES string of the molecule is Cc1ccc2c(c1)C1(CCN(CC#N)CC1)CN2C(=O)CC(C)(C)C. The van der Waals surface area contributed by atoms with Gasteiger partial charge in [-0.15, -0.1) is 0 Å². The van der Waals surface area contributed by atoms with Gasteiger partial charge in [0.1, 0.15) is 0 Å². The standard InChI is InChI=1S/C21H29N3O/c1-16-5-6-18-17(13-16)21(7-10-23(11-8-21)12-9-22)15-24(18)19(25)14-20(2,3)4/h5-6,13H,7-8,10-12,14-15H2,1-4H3. The van der Waals surface area contributed by atoms with Crippen molar-refractivity contribution in [3.63, 3.8) is 0 Å². The molecular formula is C21H29N3O. The predicted octanol–water partition coefficient (Wildman–Crippen LogP) is 3.64. The molecule has 0 unspecified atom stereocenters. The fourth-order valence-electron chi connectivity index (χ4n) is 4.22. The van der Waals surface area contributed by atoms with E-state index in [0.29, 0.717) is 13.0 Å². The number of anilines is 1. The zero-order chi connectivity index (χ0) is 18.2. The molecule has 4 nitrogen and oxygen atoms in total. The monoisotopic (exact) mass is 339 g/mol. The third-order valence-corrected chi connectivity index (χ3v) is 5.57. The molecule has 2 aliphatic rings. The van der Waals surface area contributed by atoms with Crippen LogP contribution in [0.15, 0.2) is 18.2 Å². The van der Waals surface area contributed by atoms with E-state index in [1.54, 1.807) is 0 Å². The Bertz CT molecular complexity index is 703. The molecule has 3 rings (SSSR count). The largest absolute Gasteiger partial charge is 0.311 e. The highest BCUT2D eigenvalue weighted by molar-refractivity contribution is 5.96. The molecular weight excluding hydrogens is 310 g/mol. The third-order valence-electron chi connectivity index (χ3n) is 5.57. The number of likely N-dealkylation sites (tertiary alicyclic amines) is 1. The van der Waals surface area contributed by atoms with Crippen LogP contribution in [0.1, 0.15) is 51.2 Å². The van der Waals surface area contributed by atoms with Crippen LogP contribution in [0.4, 0.5) is 5.69 Å². The number of hydrogen-bond acceptors (Lipinski definition) is 3. The number of piperidine rings is 1. The molecule has 2 heterocycles. The highest BCUT2D eigenvalue weighted by Gasteiger charge is 2.46. The second kappa shape index (κ2) is 6.46. The Morgan fingerprint density at radius 2 is 1.96 bits per heavy atom. The minimum atomic E-state index is -0.00609. The van der Waals surface area contributed by atoms with Gasteiger partial charge in [-0.2, -0.15) is 5.26 Å². The van der Waals surface area contributed by atoms with E-state index in [1.165, 1.54) is 11.1 Å². The van der Waals surface area contributed by atoms with Crippen LogP contribution in [0.2, 0.25) is 0 Å². The number of hydrogen-bond donors (Lipinski definition) is 0. The van der Waals surface area contributed by atoms with Gasteiger partial charge in [-0.05, 0) is 36.8 Å². The Hall–Kier alpha value is -1.86. The van der Waals surface area contributed by atoms with Crippen LogP contribution < -0.4 is 4.90 Å². The van der Waals surface area contributed by atoms with Gasteiger partial charge in [0.15, 0.2) is 0 Å². The van der Waals surface area contributed by atoms with Crippen LogP contribution in [0, 0.1) is 23.7 Å². The fourth-order valence-corrected chi connectivity index (χ4v) is 4.22. The third kappa shape index (κ3) is 3.57. The van der Waals surface area contributed by atoms with Crippen molar-refractivity contribution >= 4 is 11.6 Å². The summed E-state index contributed by atoms with van der Waals surface area (Å²) in [6.45, 7) is 11.6. The van der Waals surface area contributed by atoms with Crippen LogP contribution >= 0.6 is 0 Å². The van der Waals surface area contributed by atoms with Crippen LogP contribution in [-0.4, -0.2) is 37.0 Å². The molecule has 134 valence electrons. The molecule has 4 heteroatoms. The number of aryl methyl sites for hydroxylation is 1. The first kappa shape index (κ1) is 17.9. The Labute approximate surface area is 151 Å². The van der Waals surface area contributed by atoms with E-state index < -0.39 is 0 Å². The normalized spacial score (nSPS) is 19.7. The molecule has 1 fully saturated rings. The summed E-state index contributed by atoms with van der Waals surface area (Å²) >= 11 is 0. The summed E-state index contributed by atoms with van der Waals surface area (Å²) in [7, 11) is 0. The van der Waals surface area contributed by atoms with Crippen LogP contribution in [0.5, 0.6) is 0 Å². The number of nitriles is 1. The molecule has 0 atom stereocenters. The summed E-state index contributed by atoms with van der Waals surface area (Å²) in [5.74, 6) is 0.230. The molecule has 25 heavy (non-hydrogen) atoms. The number of nitrogens with zero attached hydrogens (tertiary/aromatic N) is 3. The smallest absolute Gasteiger partial charge is 0.227 e. The van der Waals surface area contributed by atoms with E-state index in [4.69, 9.17) is 5.26 Å². The first-order valence-electron chi connectivity index (χ1n) is 9.25. The van der Waals surface area contributed by atoms with E-state index in [-0.39, 0.29) is 16.7 Å². The molecule has 1 spiro atoms. The van der Waals surface area contributed by atoms with E-state index in [1.807, 2.05) is 4.90 Å². The van der Waals surface area contributed by atoms with Crippen molar-refractivity contribution in [2.75, 3.05) is 31.1 Å². The quantitative estimate of drug-likeness (QED) is 0.773. The minimum absolute atomic E-state index is 0.00609. The van der Waals surface area contributed by atoms with Crippen LogP contribution in [-0.2, 0) is 10.2 Å². The maximum atomic E-state index is 13.0. The first-order valence-corrected chi connectivity index (χ1v) is 9.25. The molecule has 0 aliphatic carbocycles. The van der Waals surface area contributed by atoms with Crippen molar-refractivity contribution in [2.24, 2.45) is 5.41 Å². The number of amides is 1. The van der Waals surface area contributed by atoms with Crippen molar-refractivity contribution in [1.29, 1.82) is 5.26 Å². The zero-order valence-electron chi connectivity index (χ0n) is 15.9. The van der Waals surface area contributed by atoms with E-state index >= 15 is 0 Å². The van der Waals surface area contributed by atoms with Gasteiger partial charge in [0.2, 0.25) is 5.91 Å². The van der Waals surface area contributed by atoms with Crippen molar-refractivity contribution < 1.29 is 4.79 Å². The van der Waals surface area contributed by atoms with Gasteiger partial charge in [-0.25, -0.2) is 0 Å². The van der Waals surface area contributed by atoms with Gasteiger partial charge < -0.3 is 4.90 Å². The predicted molar refractivity (Wildman–Crippen MR) is 101 cm³/mol. The number of rotatable bonds is 2. The van der Waals surface area contributed by atoms with Crippen LogP contribution in [0.25, 0.3) is 0 Å². The number of benzene rings is 1. The molecule has 1 aromatic rings. The number of fused-ring (bicyclic) bond motifs is 2. The van der Waals surface area contributed by atoms with E-state index in [9.17, 15) is 4.79 Å². The molecule has 1 amide bonds. The average Bonchev–Trinajstić information content (AvgIpc) is 2.83. The van der Waals surface area contributed by atoms with Crippen molar-refractivity contribution in [2.45, 2.75) is 52.4 Å². The summed E-state index contributed by atoms with van der Waals surface area (Å²) in [5.41, 5.74) is 3.75. The molecule has 0 radical (unpaired) electrons. The van der Waals surface area contributed by atoms with Gasteiger partial charge in [0.25, 0.3) is 0 Å². The molecule has 0 N–H and O–H groups in total. The molecule has 0 aromatic heterocycles. The van der Waals surface area contributed by atoms with Gasteiger partial charge in [-0.1, -0.05) is 38.5 Å². The van der Waals surface area contributed by atoms with E-state index in [2.05, 4.69) is 56.9 Å². The lowest BCUT2D eigenvalue weighted by molar-refractivity contribution is -0.120. The lowest BCUT2D eigenvalue weighted by atomic mass is 9.74. The Balaban J connectivity index is 1.89. The average molecular weight is 339 g/mol. The summed E-state index contributed by atoms with van der Waals surface area (Å²) in [6, 6.07) is 8.77. The lowest BCUT2D eigenvalue weighted by Gasteiger charge is -2.39. The first-order chi connectivity index (χ1) is 11.7. The van der Waals surface area contributed by atoms with E-state index in [0.717, 1.165) is 38.2 Å². The molecule has 1 saturated heterocycles. The number of carbonyl (C=O) groups excluding carboxylic acids is 1. The van der Waals surface area contributed by atoms with Crippen molar-refractivity contribution in [3.8, 4) is 6.07 Å². The van der Waals surface area contributed by atoms with Gasteiger partial charge >= 0.3 is 0 Å². The second-order valence-corrected chi connectivity index (χ2v) is 8.95. The Morgan fingerprint density at radius 1 is 1.28 bits per heavy atom. The maximum absolute atomic E-state index is 13.0. The highest BCUT2D eigenvalue weighted by Crippen LogP contribution is 2.47. The minimum Gasteiger partial charge on any atom is -0.311 e. The Kier molecular flexibility index (Phi) is 4.64. The van der Waals surface area contributed by atoms with Crippen molar-refractivity contribution in [1.82, 2.24) is 4.90 Å². The lowest BCUT2D eigenvalue weighted by Crippen LogP contribution is -2.46. The maximum Gasteiger partial charge on any atom is 0.227 e. The van der Waals surface area contributed by atoms with Crippen LogP contribution in [0.3, 0.4) is 0 Å². The molecule has 2 aliphatic heterocycles. The second-order valence-electron chi connectivity index (χ2n) is 8.95. The molecule has 1 aromatic carbocycles. The molecule has 0 saturated carbocycles. The fraction of sp³-hybridized carbons (Fsp3) is 0.619. The Morgan fingerprint density at radius 3 is 2.56 bits per heavy atom. The summed E-state index contributed by atoms with van der Waals surface area (Å²) in [6.07, 6.45) is 2.60. The topological polar surface area (TPSA) is 47.3 Å². The van der Waals surface area contributed by atoms with Crippen molar-refractivity contribution in [3.05, 3.63) is 29.3 Å². The number of carbonyl (C=O) groups is 1. The van der Waals surface area contributed by atoms with Gasteiger partial charge in [0.05, 0.1) is 12.6 Å². The highest BCUT2D eigenvalue weighted by atomic mass is 16.2. The zero-order valence-corrected chi connectivity index (χ0v) is 15.9. The molecule has 0 bridgehead atoms. The summed E-state index contributed by atoms with van der Waals surface area (Å²) in [4.78, 5) is 17.2.